The van der Waals surface area contributed by atoms with Crippen molar-refractivity contribution in [3.05, 3.63) is 48.0 Å². The highest BCUT2D eigenvalue weighted by atomic mass is 16.3. The Morgan fingerprint density at radius 2 is 1.55 bits per heavy atom. The van der Waals surface area contributed by atoms with E-state index in [1.54, 1.807) is 0 Å². The van der Waals surface area contributed by atoms with Crippen molar-refractivity contribution in [2.24, 2.45) is 5.92 Å². The summed E-state index contributed by atoms with van der Waals surface area (Å²) >= 11 is 0. The van der Waals surface area contributed by atoms with Crippen LogP contribution < -0.4 is 0 Å². The molecular formula is C18H22O2. The molecule has 2 unspecified atom stereocenters. The van der Waals surface area contributed by atoms with Crippen LogP contribution in [0.15, 0.2) is 42.5 Å². The predicted octanol–water partition coefficient (Wildman–Crippen LogP) is 3.81. The fraction of sp³-hybridized carbons (Fsp3) is 0.444. The Labute approximate surface area is 120 Å². The van der Waals surface area contributed by atoms with Gasteiger partial charge >= 0.3 is 0 Å². The van der Waals surface area contributed by atoms with Crippen LogP contribution in [0.25, 0.3) is 10.8 Å². The molecule has 2 aromatic rings. The quantitative estimate of drug-likeness (QED) is 0.890. The van der Waals surface area contributed by atoms with Crippen molar-refractivity contribution >= 4 is 10.8 Å². The fourth-order valence-electron chi connectivity index (χ4n) is 3.32. The summed E-state index contributed by atoms with van der Waals surface area (Å²) < 4.78 is 0. The number of benzene rings is 2. The van der Waals surface area contributed by atoms with Gasteiger partial charge in [0.15, 0.2) is 0 Å². The molecule has 0 radical (unpaired) electrons. The Morgan fingerprint density at radius 3 is 2.30 bits per heavy atom. The first-order valence-corrected chi connectivity index (χ1v) is 7.60. The molecule has 3 rings (SSSR count). The SMILES string of the molecule is OC(c1ccc2ccccc2c1)C(O)C1CCCCC1. The Bertz CT molecular complexity index is 572. The number of hydrogen-bond acceptors (Lipinski definition) is 2. The minimum atomic E-state index is -0.775. The summed E-state index contributed by atoms with van der Waals surface area (Å²) in [4.78, 5) is 0. The van der Waals surface area contributed by atoms with Crippen molar-refractivity contribution in [1.29, 1.82) is 0 Å². The molecule has 0 amide bonds. The lowest BCUT2D eigenvalue weighted by Crippen LogP contribution is -2.29. The summed E-state index contributed by atoms with van der Waals surface area (Å²) in [6.07, 6.45) is 4.25. The second kappa shape index (κ2) is 5.94. The van der Waals surface area contributed by atoms with Crippen molar-refractivity contribution < 1.29 is 10.2 Å². The Kier molecular flexibility index (Phi) is 4.04. The van der Waals surface area contributed by atoms with Gasteiger partial charge in [0.25, 0.3) is 0 Å². The van der Waals surface area contributed by atoms with Crippen LogP contribution in [0.4, 0.5) is 0 Å². The third-order valence-electron chi connectivity index (χ3n) is 4.57. The van der Waals surface area contributed by atoms with E-state index in [-0.39, 0.29) is 5.92 Å². The number of fused-ring (bicyclic) bond motifs is 1. The van der Waals surface area contributed by atoms with Crippen LogP contribution >= 0.6 is 0 Å². The van der Waals surface area contributed by atoms with E-state index >= 15 is 0 Å². The summed E-state index contributed by atoms with van der Waals surface area (Å²) in [5, 5.41) is 23.1. The van der Waals surface area contributed by atoms with E-state index in [4.69, 9.17) is 0 Å². The zero-order chi connectivity index (χ0) is 13.9. The average Bonchev–Trinajstić information content (AvgIpc) is 2.54. The topological polar surface area (TPSA) is 40.5 Å². The van der Waals surface area contributed by atoms with Gasteiger partial charge in [0.2, 0.25) is 0 Å². The monoisotopic (exact) mass is 270 g/mol. The molecule has 2 N–H and O–H groups in total. The van der Waals surface area contributed by atoms with Gasteiger partial charge < -0.3 is 10.2 Å². The minimum Gasteiger partial charge on any atom is -0.390 e. The molecule has 0 aliphatic heterocycles. The second-order valence-electron chi connectivity index (χ2n) is 5.94. The highest BCUT2D eigenvalue weighted by Crippen LogP contribution is 2.33. The normalized spacial score (nSPS) is 19.9. The molecule has 1 aliphatic carbocycles. The first-order valence-electron chi connectivity index (χ1n) is 7.60. The summed E-state index contributed by atoms with van der Waals surface area (Å²) in [6.45, 7) is 0. The molecule has 106 valence electrons. The van der Waals surface area contributed by atoms with Crippen LogP contribution in [0, 0.1) is 5.92 Å². The average molecular weight is 270 g/mol. The van der Waals surface area contributed by atoms with E-state index in [0.717, 1.165) is 29.2 Å². The van der Waals surface area contributed by atoms with Crippen molar-refractivity contribution in [1.82, 2.24) is 0 Å². The maximum absolute atomic E-state index is 10.5. The van der Waals surface area contributed by atoms with Gasteiger partial charge in [0.1, 0.15) is 6.10 Å². The molecule has 20 heavy (non-hydrogen) atoms. The molecule has 1 aliphatic rings. The van der Waals surface area contributed by atoms with Gasteiger partial charge in [-0.2, -0.15) is 0 Å². The van der Waals surface area contributed by atoms with Gasteiger partial charge in [0.05, 0.1) is 6.10 Å². The molecule has 2 nitrogen and oxygen atoms in total. The second-order valence-corrected chi connectivity index (χ2v) is 5.94. The smallest absolute Gasteiger partial charge is 0.105 e. The molecular weight excluding hydrogens is 248 g/mol. The third-order valence-corrected chi connectivity index (χ3v) is 4.57. The predicted molar refractivity (Wildman–Crippen MR) is 81.5 cm³/mol. The molecule has 0 bridgehead atoms. The van der Waals surface area contributed by atoms with Gasteiger partial charge in [-0.05, 0) is 41.2 Å². The largest absolute Gasteiger partial charge is 0.390 e. The van der Waals surface area contributed by atoms with Gasteiger partial charge in [-0.15, -0.1) is 0 Å². The fourth-order valence-corrected chi connectivity index (χ4v) is 3.32. The van der Waals surface area contributed by atoms with Crippen LogP contribution in [-0.2, 0) is 0 Å². The number of rotatable bonds is 3. The van der Waals surface area contributed by atoms with Crippen molar-refractivity contribution in [2.75, 3.05) is 0 Å². The number of aliphatic hydroxyl groups is 2. The summed E-state index contributed by atoms with van der Waals surface area (Å²) in [5.41, 5.74) is 0.821. The summed E-state index contributed by atoms with van der Waals surface area (Å²) in [5.74, 6) is 0.241. The molecule has 0 heterocycles. The molecule has 1 fully saturated rings. The summed E-state index contributed by atoms with van der Waals surface area (Å²) in [7, 11) is 0. The molecule has 1 saturated carbocycles. The lowest BCUT2D eigenvalue weighted by atomic mass is 9.82. The molecule has 2 aromatic carbocycles. The van der Waals surface area contributed by atoms with Gasteiger partial charge in [-0.1, -0.05) is 55.7 Å². The lowest BCUT2D eigenvalue weighted by Gasteiger charge is -2.30. The van der Waals surface area contributed by atoms with Crippen LogP contribution in [0.2, 0.25) is 0 Å². The lowest BCUT2D eigenvalue weighted by molar-refractivity contribution is -0.0285. The van der Waals surface area contributed by atoms with E-state index < -0.39 is 12.2 Å². The number of hydrogen-bond donors (Lipinski definition) is 2. The van der Waals surface area contributed by atoms with Gasteiger partial charge in [0, 0.05) is 0 Å². The highest BCUT2D eigenvalue weighted by Gasteiger charge is 2.28. The van der Waals surface area contributed by atoms with Gasteiger partial charge in [-0.3, -0.25) is 0 Å². The minimum absolute atomic E-state index is 0.241. The van der Waals surface area contributed by atoms with Crippen molar-refractivity contribution in [3.63, 3.8) is 0 Å². The standard InChI is InChI=1S/C18H22O2/c19-17(14-7-2-1-3-8-14)18(20)16-11-10-13-6-4-5-9-15(13)12-16/h4-6,9-12,14,17-20H,1-3,7-8H2. The highest BCUT2D eigenvalue weighted by molar-refractivity contribution is 5.83. The number of aliphatic hydroxyl groups excluding tert-OH is 2. The maximum atomic E-state index is 10.5. The Balaban J connectivity index is 1.81. The van der Waals surface area contributed by atoms with Gasteiger partial charge in [-0.25, -0.2) is 0 Å². The zero-order valence-corrected chi connectivity index (χ0v) is 11.7. The van der Waals surface area contributed by atoms with Crippen LogP contribution in [0.1, 0.15) is 43.8 Å². The van der Waals surface area contributed by atoms with Crippen LogP contribution in [-0.4, -0.2) is 16.3 Å². The Morgan fingerprint density at radius 1 is 0.850 bits per heavy atom. The van der Waals surface area contributed by atoms with Crippen molar-refractivity contribution in [2.45, 2.75) is 44.3 Å². The first-order chi connectivity index (χ1) is 9.75. The van der Waals surface area contributed by atoms with E-state index in [0.29, 0.717) is 0 Å². The first kappa shape index (κ1) is 13.6. The van der Waals surface area contributed by atoms with Crippen LogP contribution in [0.5, 0.6) is 0 Å². The maximum Gasteiger partial charge on any atom is 0.105 e. The molecule has 0 saturated heterocycles. The molecule has 0 aromatic heterocycles. The summed E-state index contributed by atoms with van der Waals surface area (Å²) in [6, 6.07) is 14.0. The van der Waals surface area contributed by atoms with E-state index in [9.17, 15) is 10.2 Å². The van der Waals surface area contributed by atoms with Crippen molar-refractivity contribution in [3.8, 4) is 0 Å². The van der Waals surface area contributed by atoms with E-state index in [1.807, 2.05) is 36.4 Å². The molecule has 0 spiro atoms. The molecule has 2 atom stereocenters. The molecule has 2 heteroatoms. The van der Waals surface area contributed by atoms with E-state index in [1.165, 1.54) is 19.3 Å². The van der Waals surface area contributed by atoms with E-state index in [2.05, 4.69) is 6.07 Å². The zero-order valence-electron chi connectivity index (χ0n) is 11.7. The Hall–Kier alpha value is -1.38. The third kappa shape index (κ3) is 2.72. The van der Waals surface area contributed by atoms with Crippen LogP contribution in [0.3, 0.4) is 0 Å².